The summed E-state index contributed by atoms with van der Waals surface area (Å²) < 4.78 is 4.79. The molecule has 28 heavy (non-hydrogen) atoms. The number of hydrogen-bond acceptors (Lipinski definition) is 6. The predicted molar refractivity (Wildman–Crippen MR) is 109 cm³/mol. The van der Waals surface area contributed by atoms with Crippen LogP contribution in [0.4, 0.5) is 0 Å². The van der Waals surface area contributed by atoms with Gasteiger partial charge in [-0.1, -0.05) is 38.1 Å². The van der Waals surface area contributed by atoms with Crippen molar-refractivity contribution in [3.63, 3.8) is 0 Å². The fourth-order valence-electron chi connectivity index (χ4n) is 2.36. The van der Waals surface area contributed by atoms with Crippen LogP contribution in [-0.4, -0.2) is 63.4 Å². The summed E-state index contributed by atoms with van der Waals surface area (Å²) in [5.74, 6) is 0.653. The van der Waals surface area contributed by atoms with E-state index < -0.39 is 12.2 Å². The molecule has 0 aliphatic carbocycles. The molecule has 0 spiro atoms. The van der Waals surface area contributed by atoms with Crippen LogP contribution < -0.4 is 0 Å². The zero-order valence-electron chi connectivity index (χ0n) is 16.1. The minimum Gasteiger partial charge on any atom is -0.508 e. The molecule has 2 atom stereocenters. The maximum absolute atomic E-state index is 9.30. The lowest BCUT2D eigenvalue weighted by atomic mass is 9.78. The summed E-state index contributed by atoms with van der Waals surface area (Å²) in [7, 11) is 0. The van der Waals surface area contributed by atoms with Crippen LogP contribution in [0.5, 0.6) is 11.5 Å². The SMILES string of the molecule is CC(C)(c1ccc(O)cc1)c1ccc(O)cc1.OCC(O)COCC(O)CCl. The smallest absolute Gasteiger partial charge is 0.115 e. The average Bonchev–Trinajstić information content (AvgIpc) is 2.68. The molecular formula is C21H29ClO6. The van der Waals surface area contributed by atoms with Crippen molar-refractivity contribution in [3.05, 3.63) is 59.7 Å². The molecule has 2 aromatic carbocycles. The number of phenols is 2. The third kappa shape index (κ3) is 8.04. The Labute approximate surface area is 170 Å². The fraction of sp³-hybridized carbons (Fsp3) is 0.429. The summed E-state index contributed by atoms with van der Waals surface area (Å²) >= 11 is 5.26. The van der Waals surface area contributed by atoms with Crippen molar-refractivity contribution in [2.45, 2.75) is 31.5 Å². The second-order valence-electron chi connectivity index (χ2n) is 6.90. The van der Waals surface area contributed by atoms with Gasteiger partial charge < -0.3 is 30.3 Å². The van der Waals surface area contributed by atoms with E-state index in [4.69, 9.17) is 31.7 Å². The van der Waals surface area contributed by atoms with Crippen molar-refractivity contribution in [1.29, 1.82) is 0 Å². The van der Waals surface area contributed by atoms with E-state index in [0.717, 1.165) is 11.1 Å². The van der Waals surface area contributed by atoms with Gasteiger partial charge in [0, 0.05) is 5.41 Å². The van der Waals surface area contributed by atoms with Crippen LogP contribution >= 0.6 is 11.6 Å². The molecule has 0 heterocycles. The molecule has 0 amide bonds. The number of phenolic OH excluding ortho intramolecular Hbond substituents is 2. The van der Waals surface area contributed by atoms with Gasteiger partial charge in [-0.15, -0.1) is 11.6 Å². The number of hydrogen-bond donors (Lipinski definition) is 5. The maximum atomic E-state index is 9.30. The second kappa shape index (κ2) is 11.9. The number of benzene rings is 2. The quantitative estimate of drug-likeness (QED) is 0.426. The first-order chi connectivity index (χ1) is 13.2. The van der Waals surface area contributed by atoms with Gasteiger partial charge in [0.15, 0.2) is 0 Å². The van der Waals surface area contributed by atoms with E-state index >= 15 is 0 Å². The summed E-state index contributed by atoms with van der Waals surface area (Å²) in [5.41, 5.74) is 2.10. The van der Waals surface area contributed by atoms with Crippen molar-refractivity contribution in [3.8, 4) is 11.5 Å². The number of aliphatic hydroxyl groups excluding tert-OH is 3. The molecular weight excluding hydrogens is 384 g/mol. The van der Waals surface area contributed by atoms with Crippen molar-refractivity contribution in [2.24, 2.45) is 0 Å². The van der Waals surface area contributed by atoms with Crippen LogP contribution in [0.2, 0.25) is 0 Å². The molecule has 2 unspecified atom stereocenters. The molecule has 0 aromatic heterocycles. The Hall–Kier alpha value is -1.83. The van der Waals surface area contributed by atoms with Crippen molar-refractivity contribution in [1.82, 2.24) is 0 Å². The summed E-state index contributed by atoms with van der Waals surface area (Å²) in [6, 6.07) is 14.4. The highest BCUT2D eigenvalue weighted by atomic mass is 35.5. The van der Waals surface area contributed by atoms with Crippen LogP contribution in [0.15, 0.2) is 48.5 Å². The van der Waals surface area contributed by atoms with Gasteiger partial charge in [-0.25, -0.2) is 0 Å². The van der Waals surface area contributed by atoms with E-state index in [1.165, 1.54) is 0 Å². The minimum atomic E-state index is -0.877. The summed E-state index contributed by atoms with van der Waals surface area (Å²) in [6.45, 7) is 4.00. The number of rotatable bonds is 8. The molecule has 7 heteroatoms. The molecule has 0 bridgehead atoms. The van der Waals surface area contributed by atoms with Crippen LogP contribution in [0.25, 0.3) is 0 Å². The summed E-state index contributed by atoms with van der Waals surface area (Å²) in [4.78, 5) is 0. The van der Waals surface area contributed by atoms with Crippen molar-refractivity contribution >= 4 is 11.6 Å². The Kier molecular flexibility index (Phi) is 10.3. The lowest BCUT2D eigenvalue weighted by Gasteiger charge is -2.26. The van der Waals surface area contributed by atoms with Gasteiger partial charge in [-0.2, -0.15) is 0 Å². The highest BCUT2D eigenvalue weighted by Gasteiger charge is 2.22. The summed E-state index contributed by atoms with van der Waals surface area (Å²) in [6.07, 6.45) is -1.58. The normalized spacial score (nSPS) is 13.4. The molecule has 2 rings (SSSR count). The maximum Gasteiger partial charge on any atom is 0.115 e. The fourth-order valence-corrected chi connectivity index (χ4v) is 2.45. The lowest BCUT2D eigenvalue weighted by molar-refractivity contribution is -0.0194. The first-order valence-electron chi connectivity index (χ1n) is 8.90. The van der Waals surface area contributed by atoms with E-state index in [2.05, 4.69) is 13.8 Å². The number of halogens is 1. The third-order valence-electron chi connectivity index (χ3n) is 4.19. The van der Waals surface area contributed by atoms with Crippen molar-refractivity contribution < 1.29 is 30.3 Å². The zero-order valence-corrected chi connectivity index (χ0v) is 16.9. The molecule has 156 valence electrons. The van der Waals surface area contributed by atoms with E-state index in [-0.39, 0.29) is 42.6 Å². The molecule has 6 nitrogen and oxygen atoms in total. The zero-order chi connectivity index (χ0) is 21.2. The first kappa shape index (κ1) is 24.2. The molecule has 0 radical (unpaired) electrons. The Morgan fingerprint density at radius 2 is 1.21 bits per heavy atom. The van der Waals surface area contributed by atoms with Crippen LogP contribution in [-0.2, 0) is 10.2 Å². The number of ether oxygens (including phenoxy) is 1. The van der Waals surface area contributed by atoms with Crippen LogP contribution in [0, 0.1) is 0 Å². The van der Waals surface area contributed by atoms with Gasteiger partial charge >= 0.3 is 0 Å². The molecule has 0 fully saturated rings. The van der Waals surface area contributed by atoms with Gasteiger partial charge in [0.05, 0.1) is 31.8 Å². The molecule has 5 N–H and O–H groups in total. The molecule has 0 aliphatic heterocycles. The van der Waals surface area contributed by atoms with Crippen LogP contribution in [0.3, 0.4) is 0 Å². The third-order valence-corrected chi connectivity index (χ3v) is 4.54. The summed E-state index contributed by atoms with van der Waals surface area (Å²) in [5, 5.41) is 44.5. The lowest BCUT2D eigenvalue weighted by Crippen LogP contribution is -2.24. The highest BCUT2D eigenvalue weighted by Crippen LogP contribution is 2.32. The number of aliphatic hydroxyl groups is 3. The number of aromatic hydroxyl groups is 2. The van der Waals surface area contributed by atoms with Gasteiger partial charge in [0.1, 0.15) is 17.6 Å². The Balaban J connectivity index is 0.000000311. The Morgan fingerprint density at radius 1 is 0.821 bits per heavy atom. The first-order valence-corrected chi connectivity index (χ1v) is 9.43. The van der Waals surface area contributed by atoms with Gasteiger partial charge in [-0.3, -0.25) is 0 Å². The van der Waals surface area contributed by atoms with E-state index in [1.54, 1.807) is 24.3 Å². The van der Waals surface area contributed by atoms with Gasteiger partial charge in [0.2, 0.25) is 0 Å². The minimum absolute atomic E-state index is 0.0183. The Bertz CT molecular complexity index is 615. The topological polar surface area (TPSA) is 110 Å². The largest absolute Gasteiger partial charge is 0.508 e. The van der Waals surface area contributed by atoms with Gasteiger partial charge in [-0.05, 0) is 35.4 Å². The molecule has 2 aromatic rings. The molecule has 0 saturated carbocycles. The van der Waals surface area contributed by atoms with E-state index in [9.17, 15) is 10.2 Å². The molecule has 0 saturated heterocycles. The van der Waals surface area contributed by atoms with Crippen molar-refractivity contribution in [2.75, 3.05) is 25.7 Å². The van der Waals surface area contributed by atoms with E-state index in [1.807, 2.05) is 24.3 Å². The van der Waals surface area contributed by atoms with Crippen LogP contribution in [0.1, 0.15) is 25.0 Å². The molecule has 0 aliphatic rings. The number of alkyl halides is 1. The highest BCUT2D eigenvalue weighted by molar-refractivity contribution is 6.18. The standard InChI is InChI=1S/C15H16O2.C6H13ClO4/c1-15(2,11-3-7-13(16)8-4-11)12-5-9-14(17)10-6-12;7-1-5(9)3-11-4-6(10)2-8/h3-10,16-17H,1-2H3;5-6,8-10H,1-4H2. The second-order valence-corrected chi connectivity index (χ2v) is 7.21. The van der Waals surface area contributed by atoms with Gasteiger partial charge in [0.25, 0.3) is 0 Å². The Morgan fingerprint density at radius 3 is 1.57 bits per heavy atom. The predicted octanol–water partition coefficient (Wildman–Crippen LogP) is 2.38. The average molecular weight is 413 g/mol. The monoisotopic (exact) mass is 412 g/mol. The van der Waals surface area contributed by atoms with E-state index in [0.29, 0.717) is 0 Å².